The Morgan fingerprint density at radius 3 is 2.25 bits per heavy atom. The molecule has 1 aromatic heterocycles. The van der Waals surface area contributed by atoms with Crippen molar-refractivity contribution in [3.8, 4) is 17.0 Å². The molecule has 0 aliphatic carbocycles. The van der Waals surface area contributed by atoms with Gasteiger partial charge in [-0.2, -0.15) is 11.8 Å². The highest BCUT2D eigenvalue weighted by Crippen LogP contribution is 2.34. The minimum atomic E-state index is -0.0570. The van der Waals surface area contributed by atoms with Gasteiger partial charge in [0.1, 0.15) is 11.5 Å². The van der Waals surface area contributed by atoms with Crippen LogP contribution in [0, 0.1) is 0 Å². The van der Waals surface area contributed by atoms with Crippen LogP contribution >= 0.6 is 11.8 Å². The second-order valence-corrected chi connectivity index (χ2v) is 14.4. The number of amides is 3. The summed E-state index contributed by atoms with van der Waals surface area (Å²) in [6, 6.07) is 9.20. The number of aromatic hydroxyl groups is 1. The molecule has 3 fully saturated rings. The van der Waals surface area contributed by atoms with E-state index in [2.05, 4.69) is 25.7 Å². The zero-order chi connectivity index (χ0) is 36.5. The average molecular weight is 744 g/mol. The Morgan fingerprint density at radius 1 is 0.846 bits per heavy atom. The second kappa shape index (κ2) is 21.1. The van der Waals surface area contributed by atoms with Gasteiger partial charge >= 0.3 is 6.03 Å². The first-order valence-electron chi connectivity index (χ1n) is 18.3. The highest BCUT2D eigenvalue weighted by molar-refractivity contribution is 8.00. The fraction of sp³-hybridized carbons (Fsp3) is 0.639. The predicted octanol–water partition coefficient (Wildman–Crippen LogP) is 2.61. The summed E-state index contributed by atoms with van der Waals surface area (Å²) >= 11 is 1.91. The number of anilines is 2. The maximum Gasteiger partial charge on any atom is 0.315 e. The third kappa shape index (κ3) is 12.2. The fourth-order valence-corrected chi connectivity index (χ4v) is 8.09. The lowest BCUT2D eigenvalue weighted by Gasteiger charge is -2.36. The predicted molar refractivity (Wildman–Crippen MR) is 198 cm³/mol. The third-order valence-corrected chi connectivity index (χ3v) is 10.9. The van der Waals surface area contributed by atoms with E-state index >= 15 is 0 Å². The van der Waals surface area contributed by atoms with Gasteiger partial charge < -0.3 is 50.2 Å². The molecule has 1 aromatic carbocycles. The first kappa shape index (κ1) is 39.5. The molecular weight excluding hydrogens is 691 g/mol. The highest BCUT2D eigenvalue weighted by Gasteiger charge is 2.42. The summed E-state index contributed by atoms with van der Waals surface area (Å²) in [4.78, 5) is 40.3. The summed E-state index contributed by atoms with van der Waals surface area (Å²) in [6.45, 7) is 5.85. The topological polar surface area (TPSA) is 191 Å². The minimum Gasteiger partial charge on any atom is -0.507 e. The van der Waals surface area contributed by atoms with Gasteiger partial charge in [0.2, 0.25) is 5.91 Å². The number of fused-ring (bicyclic) bond motifs is 1. The van der Waals surface area contributed by atoms with Gasteiger partial charge in [-0.15, -0.1) is 10.2 Å². The number of ketones is 1. The van der Waals surface area contributed by atoms with Crippen LogP contribution in [0.2, 0.25) is 0 Å². The van der Waals surface area contributed by atoms with Gasteiger partial charge in [0.25, 0.3) is 0 Å². The monoisotopic (exact) mass is 743 g/mol. The zero-order valence-corrected chi connectivity index (χ0v) is 30.7. The Morgan fingerprint density at radius 2 is 1.52 bits per heavy atom. The van der Waals surface area contributed by atoms with Crippen molar-refractivity contribution in [1.29, 1.82) is 0 Å². The lowest BCUT2D eigenvalue weighted by atomic mass is 10.0. The van der Waals surface area contributed by atoms with Gasteiger partial charge in [0, 0.05) is 62.2 Å². The van der Waals surface area contributed by atoms with E-state index in [9.17, 15) is 19.5 Å². The zero-order valence-electron chi connectivity index (χ0n) is 29.8. The number of carbonyl (C=O) groups excluding carboxylic acids is 3. The molecule has 5 rings (SSSR count). The second-order valence-electron chi connectivity index (χ2n) is 13.1. The molecular formula is C36H53N7O8S. The molecule has 15 nitrogen and oxygen atoms in total. The number of nitrogen functional groups attached to an aromatic ring is 1. The molecule has 5 N–H and O–H groups in total. The van der Waals surface area contributed by atoms with E-state index in [1.54, 1.807) is 18.2 Å². The van der Waals surface area contributed by atoms with Crippen LogP contribution in [-0.4, -0.2) is 140 Å². The van der Waals surface area contributed by atoms with Crippen LogP contribution in [0.25, 0.3) is 11.3 Å². The van der Waals surface area contributed by atoms with Crippen LogP contribution in [0.4, 0.5) is 16.3 Å². The molecule has 3 saturated heterocycles. The molecule has 3 aliphatic heterocycles. The van der Waals surface area contributed by atoms with Crippen LogP contribution in [0.15, 0.2) is 30.3 Å². The van der Waals surface area contributed by atoms with Crippen molar-refractivity contribution >= 4 is 41.0 Å². The number of urea groups is 1. The number of hydrogen-bond donors (Lipinski definition) is 4. The van der Waals surface area contributed by atoms with E-state index in [4.69, 9.17) is 24.7 Å². The molecule has 3 atom stereocenters. The molecule has 2 aromatic rings. The van der Waals surface area contributed by atoms with Gasteiger partial charge in [-0.05, 0) is 37.5 Å². The number of hydrogen-bond acceptors (Lipinski definition) is 13. The van der Waals surface area contributed by atoms with Crippen LogP contribution in [0.3, 0.4) is 0 Å². The quantitative estimate of drug-likeness (QED) is 0.0961. The fourth-order valence-electron chi connectivity index (χ4n) is 6.55. The number of phenolic OH excluding ortho intramolecular Hbond substituents is 1. The number of nitrogens with one attached hydrogen (secondary N) is 2. The van der Waals surface area contributed by atoms with E-state index in [1.165, 1.54) is 0 Å². The Balaban J connectivity index is 0.787. The Hall–Kier alpha value is -3.70. The summed E-state index contributed by atoms with van der Waals surface area (Å²) in [5, 5.41) is 24.9. The molecule has 52 heavy (non-hydrogen) atoms. The summed E-state index contributed by atoms with van der Waals surface area (Å²) in [7, 11) is 0. The molecule has 0 spiro atoms. The van der Waals surface area contributed by atoms with Crippen molar-refractivity contribution in [3.05, 3.63) is 30.3 Å². The molecule has 16 heteroatoms. The Labute approximate surface area is 309 Å². The van der Waals surface area contributed by atoms with Crippen LogP contribution in [-0.2, 0) is 28.5 Å². The first-order valence-corrected chi connectivity index (χ1v) is 19.4. The number of ether oxygens (including phenoxy) is 4. The molecule has 4 heterocycles. The van der Waals surface area contributed by atoms with E-state index in [1.807, 2.05) is 28.8 Å². The molecule has 0 unspecified atom stereocenters. The van der Waals surface area contributed by atoms with Gasteiger partial charge in [0.05, 0.1) is 76.1 Å². The van der Waals surface area contributed by atoms with Crippen molar-refractivity contribution < 1.29 is 38.4 Å². The van der Waals surface area contributed by atoms with Crippen LogP contribution in [0.5, 0.6) is 5.75 Å². The van der Waals surface area contributed by atoms with Gasteiger partial charge in [-0.3, -0.25) is 9.59 Å². The summed E-state index contributed by atoms with van der Waals surface area (Å²) in [5.41, 5.74) is 7.98. The van der Waals surface area contributed by atoms with Crippen LogP contribution in [0.1, 0.15) is 44.9 Å². The van der Waals surface area contributed by atoms with Gasteiger partial charge in [-0.1, -0.05) is 18.6 Å². The number of phenols is 1. The number of aromatic nitrogens is 2. The van der Waals surface area contributed by atoms with E-state index in [-0.39, 0.29) is 35.6 Å². The lowest BCUT2D eigenvalue weighted by molar-refractivity contribution is -0.132. The van der Waals surface area contributed by atoms with E-state index in [0.717, 1.165) is 30.7 Å². The number of benzene rings is 1. The molecule has 0 radical (unpaired) electrons. The number of thioether (sulfide) groups is 1. The van der Waals surface area contributed by atoms with Crippen LogP contribution < -0.4 is 21.3 Å². The number of piperazine rings is 1. The van der Waals surface area contributed by atoms with Crippen molar-refractivity contribution in [2.24, 2.45) is 0 Å². The number of Topliss-reactive ketones (excluding diaryl/α,β-unsaturated/α-hetero) is 1. The Bertz CT molecular complexity index is 1450. The Kier molecular flexibility index (Phi) is 16.0. The number of nitrogens with zero attached hydrogens (tertiary/aromatic N) is 4. The number of para-hydroxylation sites is 1. The smallest absolute Gasteiger partial charge is 0.315 e. The minimum absolute atomic E-state index is 0.0433. The van der Waals surface area contributed by atoms with E-state index < -0.39 is 0 Å². The molecule has 3 aliphatic rings. The lowest BCUT2D eigenvalue weighted by Crippen LogP contribution is -2.49. The normalized spacial score (nSPS) is 19.8. The van der Waals surface area contributed by atoms with Crippen molar-refractivity contribution in [3.63, 3.8) is 0 Å². The maximum atomic E-state index is 12.7. The third-order valence-electron chi connectivity index (χ3n) is 9.41. The molecule has 0 saturated carbocycles. The van der Waals surface area contributed by atoms with Gasteiger partial charge in [0.15, 0.2) is 5.82 Å². The molecule has 3 amide bonds. The number of unbranched alkanes of at least 4 members (excludes halogenated alkanes) is 1. The summed E-state index contributed by atoms with van der Waals surface area (Å²) in [6.07, 6.45) is 5.09. The number of rotatable bonds is 23. The average Bonchev–Trinajstić information content (AvgIpc) is 3.71. The molecule has 286 valence electrons. The number of carbonyl (C=O) groups is 3. The van der Waals surface area contributed by atoms with Crippen molar-refractivity contribution in [2.45, 2.75) is 62.3 Å². The maximum absolute atomic E-state index is 12.7. The summed E-state index contributed by atoms with van der Waals surface area (Å²) in [5.74, 6) is 1.72. The number of nitrogens with two attached hydrogens (primary N) is 1. The highest BCUT2D eigenvalue weighted by atomic mass is 32.2. The summed E-state index contributed by atoms with van der Waals surface area (Å²) < 4.78 is 22.3. The first-order chi connectivity index (χ1) is 25.4. The standard InChI is InChI=1S/C36H53N7O8S/c37-35-30(24-28(40-41-35)27-8-2-3-9-31(27)45)42-12-14-43(15-13-42)33(46)11-17-49-19-21-51-23-22-50-20-18-48-16-5-7-26(44)6-1-4-10-32-34-29(25-52-32)38-36(47)39-34/h2-3,8-9,24,29,32,34,45H,1,4-7,10-23,25H2,(H2,37,41)(H2,38,39,47)/t29-,32-,34-/m0/s1. The van der Waals surface area contributed by atoms with Gasteiger partial charge in [-0.25, -0.2) is 4.79 Å². The molecule has 0 bridgehead atoms. The largest absolute Gasteiger partial charge is 0.507 e. The van der Waals surface area contributed by atoms with E-state index in [0.29, 0.717) is 127 Å². The van der Waals surface area contributed by atoms with Crippen molar-refractivity contribution in [2.75, 3.05) is 95.4 Å². The SMILES string of the molecule is Nc1nnc(-c2ccccc2O)cc1N1CCN(C(=O)CCOCCOCCOCCOCCCC(=O)CCCC[C@@H]2SC[C@@H]3NC(=O)N[C@@H]32)CC1. The van der Waals surface area contributed by atoms with Crippen molar-refractivity contribution in [1.82, 2.24) is 25.7 Å².